The molecule has 2 unspecified atom stereocenters. The average molecular weight is 312 g/mol. The molecule has 0 aliphatic carbocycles. The molecule has 3 rings (SSSR count). The van der Waals surface area contributed by atoms with Gasteiger partial charge in [0.25, 0.3) is 0 Å². The normalized spacial score (nSPS) is 21.0. The first-order valence-corrected chi connectivity index (χ1v) is 7.89. The highest BCUT2D eigenvalue weighted by Crippen LogP contribution is 2.35. The molecule has 0 bridgehead atoms. The minimum Gasteiger partial charge on any atom is -0.468 e. The Morgan fingerprint density at radius 3 is 2.55 bits per heavy atom. The summed E-state index contributed by atoms with van der Waals surface area (Å²) < 4.78 is 5.01. The van der Waals surface area contributed by atoms with E-state index in [9.17, 15) is 4.79 Å². The molecule has 22 heavy (non-hydrogen) atoms. The fourth-order valence-corrected chi connectivity index (χ4v) is 3.48. The maximum atomic E-state index is 12.3. The lowest BCUT2D eigenvalue weighted by Crippen LogP contribution is -2.36. The smallest absolute Gasteiger partial charge is 0.315 e. The summed E-state index contributed by atoms with van der Waals surface area (Å²) in [4.78, 5) is 13.3. The quantitative estimate of drug-likeness (QED) is 0.815. The van der Waals surface area contributed by atoms with Gasteiger partial charge in [-0.05, 0) is 23.9 Å². The Balaban J connectivity index is 2.13. The zero-order valence-electron chi connectivity index (χ0n) is 12.4. The number of carbonyl (C=O) groups is 1. The molecule has 0 spiro atoms. The number of hydrogen-bond acceptors (Lipinski definition) is 5. The van der Waals surface area contributed by atoms with Gasteiger partial charge >= 0.3 is 5.97 Å². The van der Waals surface area contributed by atoms with E-state index in [1.54, 1.807) is 11.3 Å². The molecule has 1 aliphatic heterocycles. The molecule has 0 saturated carbocycles. The van der Waals surface area contributed by atoms with Crippen molar-refractivity contribution >= 4 is 28.7 Å². The van der Waals surface area contributed by atoms with Crippen LogP contribution < -0.4 is 0 Å². The fraction of sp³-hybridized carbons (Fsp3) is 0.235. The molecule has 1 aromatic heterocycles. The molecular formula is C17H16N2O2S. The Morgan fingerprint density at radius 1 is 1.14 bits per heavy atom. The average Bonchev–Trinajstić information content (AvgIpc) is 3.09. The molecule has 0 saturated heterocycles. The number of nitrogens with zero attached hydrogens (tertiary/aromatic N) is 2. The van der Waals surface area contributed by atoms with Gasteiger partial charge in [0.15, 0.2) is 0 Å². The highest BCUT2D eigenvalue weighted by molar-refractivity contribution is 7.12. The largest absolute Gasteiger partial charge is 0.468 e. The van der Waals surface area contributed by atoms with Gasteiger partial charge in [-0.1, -0.05) is 36.4 Å². The first-order valence-electron chi connectivity index (χ1n) is 7.01. The molecule has 0 radical (unpaired) electrons. The van der Waals surface area contributed by atoms with Gasteiger partial charge in [0.1, 0.15) is 5.92 Å². The van der Waals surface area contributed by atoms with Crippen molar-refractivity contribution < 1.29 is 9.53 Å². The van der Waals surface area contributed by atoms with Gasteiger partial charge in [0.2, 0.25) is 0 Å². The molecular weight excluding hydrogens is 296 g/mol. The number of hydrogen-bond donors (Lipinski definition) is 0. The predicted molar refractivity (Wildman–Crippen MR) is 88.7 cm³/mol. The van der Waals surface area contributed by atoms with Crippen molar-refractivity contribution in [1.29, 1.82) is 0 Å². The number of methoxy groups -OCH3 is 1. The lowest BCUT2D eigenvalue weighted by molar-refractivity contribution is -0.143. The summed E-state index contributed by atoms with van der Waals surface area (Å²) in [5.41, 5.74) is 2.54. The third-order valence-corrected chi connectivity index (χ3v) is 4.67. The molecule has 0 amide bonds. The molecule has 0 N–H and O–H groups in total. The number of rotatable bonds is 3. The first kappa shape index (κ1) is 14.7. The van der Waals surface area contributed by atoms with Crippen LogP contribution in [0.15, 0.2) is 58.0 Å². The SMILES string of the molecule is COC(=O)C1C(C)=NN=C(c2cccs2)C1c1ccccc1. The van der Waals surface area contributed by atoms with Gasteiger partial charge in [0.05, 0.1) is 23.4 Å². The van der Waals surface area contributed by atoms with E-state index >= 15 is 0 Å². The molecule has 1 aliphatic rings. The zero-order valence-corrected chi connectivity index (χ0v) is 13.2. The molecule has 5 heteroatoms. The summed E-state index contributed by atoms with van der Waals surface area (Å²) >= 11 is 1.60. The molecule has 4 nitrogen and oxygen atoms in total. The van der Waals surface area contributed by atoms with Gasteiger partial charge in [-0.2, -0.15) is 10.2 Å². The van der Waals surface area contributed by atoms with Crippen LogP contribution in [0.5, 0.6) is 0 Å². The third kappa shape index (κ3) is 2.60. The molecule has 112 valence electrons. The van der Waals surface area contributed by atoms with Gasteiger partial charge in [-0.3, -0.25) is 4.79 Å². The summed E-state index contributed by atoms with van der Waals surface area (Å²) in [6.45, 7) is 1.83. The third-order valence-electron chi connectivity index (χ3n) is 3.78. The summed E-state index contributed by atoms with van der Waals surface area (Å²) in [6, 6.07) is 13.9. The molecule has 2 aromatic rings. The van der Waals surface area contributed by atoms with Crippen molar-refractivity contribution in [3.8, 4) is 0 Å². The first-order chi connectivity index (χ1) is 10.7. The number of carbonyl (C=O) groups excluding carboxylic acids is 1. The van der Waals surface area contributed by atoms with Crippen LogP contribution in [-0.4, -0.2) is 24.5 Å². The molecule has 1 aromatic carbocycles. The number of thiophene rings is 1. The van der Waals surface area contributed by atoms with Crippen molar-refractivity contribution in [3.05, 3.63) is 58.3 Å². The second-order valence-electron chi connectivity index (χ2n) is 5.09. The van der Waals surface area contributed by atoms with Crippen LogP contribution in [0.3, 0.4) is 0 Å². The summed E-state index contributed by atoms with van der Waals surface area (Å²) in [7, 11) is 1.41. The highest BCUT2D eigenvalue weighted by Gasteiger charge is 2.39. The Labute approximate surface area is 133 Å². The summed E-state index contributed by atoms with van der Waals surface area (Å²) in [6.07, 6.45) is 0. The number of ether oxygens (including phenoxy) is 1. The monoisotopic (exact) mass is 312 g/mol. The van der Waals surface area contributed by atoms with E-state index in [1.165, 1.54) is 7.11 Å². The molecule has 0 fully saturated rings. The van der Waals surface area contributed by atoms with E-state index in [2.05, 4.69) is 10.2 Å². The van der Waals surface area contributed by atoms with E-state index in [1.807, 2.05) is 54.8 Å². The Bertz CT molecular complexity index is 720. The summed E-state index contributed by atoms with van der Waals surface area (Å²) in [5.74, 6) is -0.897. The van der Waals surface area contributed by atoms with E-state index in [4.69, 9.17) is 4.74 Å². The van der Waals surface area contributed by atoms with Crippen LogP contribution in [0.2, 0.25) is 0 Å². The van der Waals surface area contributed by atoms with Crippen molar-refractivity contribution in [2.75, 3.05) is 7.11 Å². The maximum absolute atomic E-state index is 12.3. The van der Waals surface area contributed by atoms with Gasteiger partial charge in [-0.15, -0.1) is 11.3 Å². The lowest BCUT2D eigenvalue weighted by Gasteiger charge is -2.28. The molecule has 2 atom stereocenters. The molecule has 2 heterocycles. The van der Waals surface area contributed by atoms with E-state index < -0.39 is 5.92 Å². The predicted octanol–water partition coefficient (Wildman–Crippen LogP) is 3.50. The van der Waals surface area contributed by atoms with E-state index in [0.717, 1.165) is 16.2 Å². The fourth-order valence-electron chi connectivity index (χ4n) is 2.73. The van der Waals surface area contributed by atoms with Crippen LogP contribution in [0.25, 0.3) is 0 Å². The van der Waals surface area contributed by atoms with Crippen LogP contribution >= 0.6 is 11.3 Å². The van der Waals surface area contributed by atoms with Gasteiger partial charge in [-0.25, -0.2) is 0 Å². The minimum atomic E-state index is -0.443. The maximum Gasteiger partial charge on any atom is 0.315 e. The van der Waals surface area contributed by atoms with Crippen molar-refractivity contribution in [1.82, 2.24) is 0 Å². The zero-order chi connectivity index (χ0) is 15.5. The van der Waals surface area contributed by atoms with E-state index in [-0.39, 0.29) is 11.9 Å². The topological polar surface area (TPSA) is 51.0 Å². The Morgan fingerprint density at radius 2 is 1.91 bits per heavy atom. The van der Waals surface area contributed by atoms with Crippen molar-refractivity contribution in [2.45, 2.75) is 12.8 Å². The van der Waals surface area contributed by atoms with Gasteiger partial charge in [0, 0.05) is 5.92 Å². The number of benzene rings is 1. The Kier molecular flexibility index (Phi) is 4.15. The van der Waals surface area contributed by atoms with Crippen LogP contribution in [0.4, 0.5) is 0 Å². The van der Waals surface area contributed by atoms with E-state index in [0.29, 0.717) is 5.71 Å². The number of esters is 1. The second-order valence-corrected chi connectivity index (χ2v) is 6.04. The van der Waals surface area contributed by atoms with Crippen LogP contribution in [-0.2, 0) is 9.53 Å². The minimum absolute atomic E-state index is 0.176. The van der Waals surface area contributed by atoms with Crippen LogP contribution in [0.1, 0.15) is 23.3 Å². The van der Waals surface area contributed by atoms with Crippen molar-refractivity contribution in [2.24, 2.45) is 16.1 Å². The Hall–Kier alpha value is -2.27. The highest BCUT2D eigenvalue weighted by atomic mass is 32.1. The second kappa shape index (κ2) is 6.23. The van der Waals surface area contributed by atoms with Crippen LogP contribution in [0, 0.1) is 5.92 Å². The van der Waals surface area contributed by atoms with Gasteiger partial charge < -0.3 is 4.74 Å². The summed E-state index contributed by atoms with van der Waals surface area (Å²) in [5, 5.41) is 10.6. The standard InChI is InChI=1S/C17H16N2O2S/c1-11-14(17(20)21-2)15(12-7-4-3-5-8-12)16(19-18-11)13-9-6-10-22-13/h3-10,14-15H,1-2H3. The van der Waals surface area contributed by atoms with Crippen molar-refractivity contribution in [3.63, 3.8) is 0 Å². The lowest BCUT2D eigenvalue weighted by atomic mass is 9.78.